The highest BCUT2D eigenvalue weighted by atomic mass is 16.6. The standard InChI is InChI=1S/C7H14O2.CH4/c1-2-3-4-8-5-7-6-9-7;/h7H,2-6H2,1H3;1H4. The molecule has 1 rings (SSSR count). The van der Waals surface area contributed by atoms with Crippen molar-refractivity contribution in [2.75, 3.05) is 19.8 Å². The molecule has 62 valence electrons. The summed E-state index contributed by atoms with van der Waals surface area (Å²) in [7, 11) is 0. The van der Waals surface area contributed by atoms with Crippen LogP contribution in [0.2, 0.25) is 0 Å². The van der Waals surface area contributed by atoms with Gasteiger partial charge in [-0.05, 0) is 6.42 Å². The normalized spacial score (nSPS) is 21.9. The molecule has 0 saturated carbocycles. The molecule has 0 aromatic carbocycles. The Morgan fingerprint density at radius 2 is 2.30 bits per heavy atom. The number of unbranched alkanes of at least 4 members (excludes halogenated alkanes) is 1. The molecule has 0 aliphatic carbocycles. The Labute approximate surface area is 63.5 Å². The average molecular weight is 146 g/mol. The van der Waals surface area contributed by atoms with E-state index in [9.17, 15) is 0 Å². The van der Waals surface area contributed by atoms with Crippen molar-refractivity contribution in [2.45, 2.75) is 33.3 Å². The molecule has 1 saturated heterocycles. The van der Waals surface area contributed by atoms with Crippen molar-refractivity contribution in [3.8, 4) is 0 Å². The van der Waals surface area contributed by atoms with E-state index >= 15 is 0 Å². The summed E-state index contributed by atoms with van der Waals surface area (Å²) >= 11 is 0. The van der Waals surface area contributed by atoms with Gasteiger partial charge < -0.3 is 9.47 Å². The SMILES string of the molecule is C.CCCCOCC1CO1. The fourth-order valence-electron chi connectivity index (χ4n) is 0.625. The molecule has 1 atom stereocenters. The predicted octanol–water partition coefficient (Wildman–Crippen LogP) is 1.84. The zero-order valence-corrected chi connectivity index (χ0v) is 5.93. The number of hydrogen-bond donors (Lipinski definition) is 0. The van der Waals surface area contributed by atoms with Gasteiger partial charge in [0.1, 0.15) is 6.10 Å². The number of hydrogen-bond acceptors (Lipinski definition) is 2. The Balaban J connectivity index is 0.000000810. The maximum Gasteiger partial charge on any atom is 0.104 e. The fraction of sp³-hybridized carbons (Fsp3) is 1.00. The molecule has 1 fully saturated rings. The summed E-state index contributed by atoms with van der Waals surface area (Å²) in [6, 6.07) is 0. The van der Waals surface area contributed by atoms with E-state index in [2.05, 4.69) is 6.92 Å². The van der Waals surface area contributed by atoms with Crippen LogP contribution in [0, 0.1) is 0 Å². The molecule has 2 nitrogen and oxygen atoms in total. The van der Waals surface area contributed by atoms with E-state index in [1.165, 1.54) is 12.8 Å². The van der Waals surface area contributed by atoms with E-state index in [-0.39, 0.29) is 7.43 Å². The van der Waals surface area contributed by atoms with E-state index in [0.29, 0.717) is 6.10 Å². The number of epoxide rings is 1. The lowest BCUT2D eigenvalue weighted by molar-refractivity contribution is 0.114. The first-order valence-corrected chi connectivity index (χ1v) is 3.63. The minimum absolute atomic E-state index is 0. The molecule has 0 N–H and O–H groups in total. The summed E-state index contributed by atoms with van der Waals surface area (Å²) in [6.45, 7) is 4.78. The van der Waals surface area contributed by atoms with Crippen LogP contribution in [0.4, 0.5) is 0 Å². The monoisotopic (exact) mass is 146 g/mol. The summed E-state index contributed by atoms with van der Waals surface area (Å²) in [4.78, 5) is 0. The van der Waals surface area contributed by atoms with Gasteiger partial charge in [-0.25, -0.2) is 0 Å². The summed E-state index contributed by atoms with van der Waals surface area (Å²) in [5.41, 5.74) is 0. The summed E-state index contributed by atoms with van der Waals surface area (Å²) in [5.74, 6) is 0. The number of rotatable bonds is 5. The topological polar surface area (TPSA) is 21.8 Å². The second kappa shape index (κ2) is 5.69. The van der Waals surface area contributed by atoms with Crippen LogP contribution in [0.5, 0.6) is 0 Å². The lowest BCUT2D eigenvalue weighted by Gasteiger charge is -1.97. The van der Waals surface area contributed by atoms with Gasteiger partial charge in [-0.3, -0.25) is 0 Å². The maximum atomic E-state index is 5.27. The van der Waals surface area contributed by atoms with Crippen molar-refractivity contribution in [1.29, 1.82) is 0 Å². The molecular formula is C8H18O2. The first-order valence-electron chi connectivity index (χ1n) is 3.63. The Morgan fingerprint density at radius 3 is 2.80 bits per heavy atom. The zero-order chi connectivity index (χ0) is 6.53. The van der Waals surface area contributed by atoms with Crippen molar-refractivity contribution in [3.05, 3.63) is 0 Å². The minimum atomic E-state index is 0. The van der Waals surface area contributed by atoms with Gasteiger partial charge in [-0.2, -0.15) is 0 Å². The van der Waals surface area contributed by atoms with Crippen molar-refractivity contribution in [3.63, 3.8) is 0 Å². The van der Waals surface area contributed by atoms with Crippen LogP contribution in [0.15, 0.2) is 0 Å². The van der Waals surface area contributed by atoms with Gasteiger partial charge in [-0.15, -0.1) is 0 Å². The first kappa shape index (κ1) is 9.92. The lowest BCUT2D eigenvalue weighted by Crippen LogP contribution is -2.01. The van der Waals surface area contributed by atoms with Crippen molar-refractivity contribution >= 4 is 0 Å². The van der Waals surface area contributed by atoms with Gasteiger partial charge in [0.05, 0.1) is 13.2 Å². The van der Waals surface area contributed by atoms with E-state index < -0.39 is 0 Å². The van der Waals surface area contributed by atoms with Crippen molar-refractivity contribution in [2.24, 2.45) is 0 Å². The van der Waals surface area contributed by atoms with Gasteiger partial charge in [-0.1, -0.05) is 20.8 Å². The zero-order valence-electron chi connectivity index (χ0n) is 5.93. The fourth-order valence-corrected chi connectivity index (χ4v) is 0.625. The van der Waals surface area contributed by atoms with Gasteiger partial charge in [0.15, 0.2) is 0 Å². The predicted molar refractivity (Wildman–Crippen MR) is 42.2 cm³/mol. The third-order valence-corrected chi connectivity index (χ3v) is 1.35. The van der Waals surface area contributed by atoms with E-state index in [4.69, 9.17) is 9.47 Å². The molecule has 2 heteroatoms. The second-order valence-corrected chi connectivity index (χ2v) is 2.38. The molecule has 0 bridgehead atoms. The highest BCUT2D eigenvalue weighted by molar-refractivity contribution is 4.66. The van der Waals surface area contributed by atoms with Crippen LogP contribution in [-0.4, -0.2) is 25.9 Å². The summed E-state index contributed by atoms with van der Waals surface area (Å²) < 4.78 is 10.2. The molecule has 1 aliphatic heterocycles. The highest BCUT2D eigenvalue weighted by Crippen LogP contribution is 2.08. The Morgan fingerprint density at radius 1 is 1.60 bits per heavy atom. The average Bonchev–Trinajstić information content (AvgIpc) is 2.63. The maximum absolute atomic E-state index is 5.27. The molecule has 0 aromatic rings. The molecule has 0 radical (unpaired) electrons. The summed E-state index contributed by atoms with van der Waals surface area (Å²) in [6.07, 6.45) is 2.82. The first-order chi connectivity index (χ1) is 4.43. The quantitative estimate of drug-likeness (QED) is 0.436. The third kappa shape index (κ3) is 4.77. The Bertz CT molecular complexity index is 69.7. The molecule has 0 spiro atoms. The second-order valence-electron chi connectivity index (χ2n) is 2.38. The molecular weight excluding hydrogens is 128 g/mol. The van der Waals surface area contributed by atoms with Crippen LogP contribution in [0.3, 0.4) is 0 Å². The largest absolute Gasteiger partial charge is 0.379 e. The number of ether oxygens (including phenoxy) is 2. The van der Waals surface area contributed by atoms with Gasteiger partial charge in [0.25, 0.3) is 0 Å². The molecule has 0 aromatic heterocycles. The third-order valence-electron chi connectivity index (χ3n) is 1.35. The van der Waals surface area contributed by atoms with E-state index in [0.717, 1.165) is 19.8 Å². The van der Waals surface area contributed by atoms with Crippen LogP contribution in [0.1, 0.15) is 27.2 Å². The van der Waals surface area contributed by atoms with Gasteiger partial charge in [0, 0.05) is 6.61 Å². The summed E-state index contributed by atoms with van der Waals surface area (Å²) in [5, 5.41) is 0. The van der Waals surface area contributed by atoms with Crippen LogP contribution < -0.4 is 0 Å². The Kier molecular flexibility index (Phi) is 5.64. The molecule has 10 heavy (non-hydrogen) atoms. The molecule has 1 aliphatic rings. The lowest BCUT2D eigenvalue weighted by atomic mass is 10.4. The Hall–Kier alpha value is -0.0800. The van der Waals surface area contributed by atoms with Crippen molar-refractivity contribution < 1.29 is 9.47 Å². The molecule has 1 heterocycles. The highest BCUT2D eigenvalue weighted by Gasteiger charge is 2.21. The van der Waals surface area contributed by atoms with E-state index in [1.807, 2.05) is 0 Å². The van der Waals surface area contributed by atoms with Gasteiger partial charge in [0.2, 0.25) is 0 Å². The van der Waals surface area contributed by atoms with E-state index in [1.54, 1.807) is 0 Å². The van der Waals surface area contributed by atoms with Crippen LogP contribution in [0.25, 0.3) is 0 Å². The molecule has 1 unspecified atom stereocenters. The van der Waals surface area contributed by atoms with Crippen molar-refractivity contribution in [1.82, 2.24) is 0 Å². The smallest absolute Gasteiger partial charge is 0.104 e. The van der Waals surface area contributed by atoms with Crippen LogP contribution in [-0.2, 0) is 9.47 Å². The van der Waals surface area contributed by atoms with Gasteiger partial charge >= 0.3 is 0 Å². The van der Waals surface area contributed by atoms with Crippen LogP contribution >= 0.6 is 0 Å². The molecule has 0 amide bonds. The minimum Gasteiger partial charge on any atom is -0.379 e.